The maximum atomic E-state index is 13.5. The summed E-state index contributed by atoms with van der Waals surface area (Å²) in [7, 11) is -3.80. The van der Waals surface area contributed by atoms with Crippen LogP contribution in [0, 0.1) is 0 Å². The Bertz CT molecular complexity index is 1560. The first-order valence-corrected chi connectivity index (χ1v) is 12.6. The fraction of sp³-hybridized carbons (Fsp3) is 0. The predicted molar refractivity (Wildman–Crippen MR) is 136 cm³/mol. The summed E-state index contributed by atoms with van der Waals surface area (Å²) in [4.78, 5) is 24.6. The lowest BCUT2D eigenvalue weighted by Gasteiger charge is -2.15. The van der Waals surface area contributed by atoms with Crippen LogP contribution in [0.3, 0.4) is 0 Å². The Balaban J connectivity index is 1.58. The SMILES string of the molecule is NS(=O)(=O)c1ccc(/N=C2\SC(=Cc3ccnc4ccccc34)C(=O)N2c2ccccc2)cc1. The van der Waals surface area contributed by atoms with Crippen LogP contribution in [-0.4, -0.2) is 24.5 Å². The summed E-state index contributed by atoms with van der Waals surface area (Å²) in [6, 6.07) is 24.8. The molecule has 168 valence electrons. The molecule has 0 aliphatic carbocycles. The van der Waals surface area contributed by atoms with Gasteiger partial charge in [0, 0.05) is 11.6 Å². The van der Waals surface area contributed by atoms with Gasteiger partial charge < -0.3 is 0 Å². The molecule has 0 radical (unpaired) electrons. The number of sulfonamides is 1. The van der Waals surface area contributed by atoms with Gasteiger partial charge in [0.25, 0.3) is 5.91 Å². The largest absolute Gasteiger partial charge is 0.271 e. The van der Waals surface area contributed by atoms with Crippen LogP contribution in [0.2, 0.25) is 0 Å². The Labute approximate surface area is 200 Å². The molecule has 2 N–H and O–H groups in total. The molecule has 7 nitrogen and oxygen atoms in total. The molecule has 1 fully saturated rings. The van der Waals surface area contributed by atoms with E-state index in [1.54, 1.807) is 23.2 Å². The number of benzene rings is 3. The third kappa shape index (κ3) is 4.36. The van der Waals surface area contributed by atoms with E-state index in [4.69, 9.17) is 5.14 Å². The molecular weight excluding hydrogens is 468 g/mol. The van der Waals surface area contributed by atoms with Gasteiger partial charge in [-0.2, -0.15) is 0 Å². The zero-order chi connectivity index (χ0) is 23.7. The van der Waals surface area contributed by atoms with Crippen molar-refractivity contribution in [3.63, 3.8) is 0 Å². The Morgan fingerprint density at radius 2 is 1.62 bits per heavy atom. The maximum Gasteiger partial charge on any atom is 0.271 e. The van der Waals surface area contributed by atoms with Gasteiger partial charge in [-0.05, 0) is 71.9 Å². The number of primary sulfonamides is 1. The molecule has 1 aliphatic heterocycles. The van der Waals surface area contributed by atoms with Crippen molar-refractivity contribution in [2.75, 3.05) is 4.90 Å². The Hall–Kier alpha value is -3.79. The summed E-state index contributed by atoms with van der Waals surface area (Å²) in [5.41, 5.74) is 2.91. The topological polar surface area (TPSA) is 106 Å². The van der Waals surface area contributed by atoms with Gasteiger partial charge in [0.1, 0.15) is 0 Å². The molecule has 0 spiro atoms. The number of thioether (sulfide) groups is 1. The van der Waals surface area contributed by atoms with Crippen molar-refractivity contribution in [3.05, 3.63) is 102 Å². The number of carbonyl (C=O) groups is 1. The van der Waals surface area contributed by atoms with Crippen molar-refractivity contribution in [1.82, 2.24) is 4.98 Å². The third-order valence-corrected chi connectivity index (χ3v) is 7.08. The lowest BCUT2D eigenvalue weighted by Crippen LogP contribution is -2.28. The van der Waals surface area contributed by atoms with E-state index in [-0.39, 0.29) is 10.8 Å². The molecule has 1 saturated heterocycles. The molecule has 3 aromatic carbocycles. The molecule has 5 rings (SSSR count). The van der Waals surface area contributed by atoms with E-state index < -0.39 is 10.0 Å². The second kappa shape index (κ2) is 8.86. The zero-order valence-electron chi connectivity index (χ0n) is 17.7. The van der Waals surface area contributed by atoms with Gasteiger partial charge in [0.2, 0.25) is 10.0 Å². The van der Waals surface area contributed by atoms with Crippen LogP contribution < -0.4 is 10.0 Å². The number of pyridine rings is 1. The number of aromatic nitrogens is 1. The van der Waals surface area contributed by atoms with E-state index in [1.807, 2.05) is 66.7 Å². The highest BCUT2D eigenvalue weighted by Crippen LogP contribution is 2.38. The van der Waals surface area contributed by atoms with Crippen LogP contribution >= 0.6 is 11.8 Å². The lowest BCUT2D eigenvalue weighted by molar-refractivity contribution is -0.113. The van der Waals surface area contributed by atoms with Crippen molar-refractivity contribution in [2.24, 2.45) is 10.1 Å². The minimum absolute atomic E-state index is 0.00309. The molecule has 0 saturated carbocycles. The minimum atomic E-state index is -3.80. The third-order valence-electron chi connectivity index (χ3n) is 5.18. The fourth-order valence-electron chi connectivity index (χ4n) is 3.56. The molecule has 0 bridgehead atoms. The summed E-state index contributed by atoms with van der Waals surface area (Å²) in [5.74, 6) is -0.197. The molecule has 1 aromatic heterocycles. The summed E-state index contributed by atoms with van der Waals surface area (Å²) in [6.45, 7) is 0. The average Bonchev–Trinajstić information content (AvgIpc) is 3.14. The highest BCUT2D eigenvalue weighted by atomic mass is 32.2. The number of aliphatic imine (C=N–C) groups is 1. The lowest BCUT2D eigenvalue weighted by atomic mass is 10.1. The highest BCUT2D eigenvalue weighted by Gasteiger charge is 2.34. The number of rotatable bonds is 4. The van der Waals surface area contributed by atoms with E-state index in [1.165, 1.54) is 23.9 Å². The molecule has 9 heteroatoms. The van der Waals surface area contributed by atoms with Crippen LogP contribution in [0.25, 0.3) is 17.0 Å². The average molecular weight is 487 g/mol. The van der Waals surface area contributed by atoms with Crippen molar-refractivity contribution in [3.8, 4) is 0 Å². The number of fused-ring (bicyclic) bond motifs is 1. The predicted octanol–water partition coefficient (Wildman–Crippen LogP) is 4.69. The normalized spacial score (nSPS) is 16.6. The smallest absolute Gasteiger partial charge is 0.268 e. The number of hydrogen-bond donors (Lipinski definition) is 1. The van der Waals surface area contributed by atoms with Crippen molar-refractivity contribution in [2.45, 2.75) is 4.90 Å². The van der Waals surface area contributed by atoms with Gasteiger partial charge in [-0.1, -0.05) is 36.4 Å². The fourth-order valence-corrected chi connectivity index (χ4v) is 5.07. The van der Waals surface area contributed by atoms with E-state index >= 15 is 0 Å². The molecule has 0 atom stereocenters. The first-order valence-electron chi connectivity index (χ1n) is 10.2. The van der Waals surface area contributed by atoms with E-state index in [9.17, 15) is 13.2 Å². The molecule has 34 heavy (non-hydrogen) atoms. The standard InChI is InChI=1S/C25H18N4O3S2/c26-34(31,32)20-12-10-18(11-13-20)28-25-29(19-6-2-1-3-7-19)24(30)23(33-25)16-17-14-15-27-22-9-5-4-8-21(17)22/h1-16H,(H2,26,31,32)/b23-16?,28-25-. The van der Waals surface area contributed by atoms with Crippen LogP contribution in [0.1, 0.15) is 5.56 Å². The first kappa shape index (κ1) is 22.0. The summed E-state index contributed by atoms with van der Waals surface area (Å²) >= 11 is 1.25. The van der Waals surface area contributed by atoms with Crippen molar-refractivity contribution in [1.29, 1.82) is 0 Å². The Kier molecular flexibility index (Phi) is 5.74. The molecule has 0 unspecified atom stereocenters. The molecule has 1 amide bonds. The second-order valence-electron chi connectivity index (χ2n) is 7.44. The Morgan fingerprint density at radius 1 is 0.912 bits per heavy atom. The van der Waals surface area contributed by atoms with Crippen LogP contribution in [0.4, 0.5) is 11.4 Å². The zero-order valence-corrected chi connectivity index (χ0v) is 19.3. The molecule has 2 heterocycles. The number of amidine groups is 1. The second-order valence-corrected chi connectivity index (χ2v) is 10.0. The molecular formula is C25H18N4O3S2. The molecule has 1 aliphatic rings. The number of nitrogens with zero attached hydrogens (tertiary/aromatic N) is 3. The van der Waals surface area contributed by atoms with Crippen molar-refractivity contribution < 1.29 is 13.2 Å². The van der Waals surface area contributed by atoms with E-state index in [0.717, 1.165) is 16.5 Å². The summed E-state index contributed by atoms with van der Waals surface area (Å²) in [5, 5.41) is 6.59. The number of hydrogen-bond acceptors (Lipinski definition) is 6. The maximum absolute atomic E-state index is 13.5. The van der Waals surface area contributed by atoms with Crippen LogP contribution in [0.15, 0.2) is 106 Å². The van der Waals surface area contributed by atoms with Crippen LogP contribution in [-0.2, 0) is 14.8 Å². The van der Waals surface area contributed by atoms with Gasteiger partial charge in [-0.3, -0.25) is 14.7 Å². The minimum Gasteiger partial charge on any atom is -0.268 e. The number of para-hydroxylation sites is 2. The number of carbonyl (C=O) groups excluding carboxylic acids is 1. The van der Waals surface area contributed by atoms with Crippen LogP contribution in [0.5, 0.6) is 0 Å². The summed E-state index contributed by atoms with van der Waals surface area (Å²) in [6.07, 6.45) is 3.56. The monoisotopic (exact) mass is 486 g/mol. The van der Waals surface area contributed by atoms with E-state index in [2.05, 4.69) is 9.98 Å². The van der Waals surface area contributed by atoms with Crippen molar-refractivity contribution >= 4 is 61.2 Å². The highest BCUT2D eigenvalue weighted by molar-refractivity contribution is 8.19. The molecule has 4 aromatic rings. The Morgan fingerprint density at radius 3 is 2.35 bits per heavy atom. The number of amides is 1. The van der Waals surface area contributed by atoms with Gasteiger partial charge in [0.05, 0.1) is 26.7 Å². The number of anilines is 1. The van der Waals surface area contributed by atoms with Gasteiger partial charge in [-0.15, -0.1) is 0 Å². The van der Waals surface area contributed by atoms with E-state index in [0.29, 0.717) is 21.4 Å². The van der Waals surface area contributed by atoms with Gasteiger partial charge in [-0.25, -0.2) is 18.5 Å². The first-order chi connectivity index (χ1) is 16.4. The quantitative estimate of drug-likeness (QED) is 0.421. The van der Waals surface area contributed by atoms with Gasteiger partial charge >= 0.3 is 0 Å². The summed E-state index contributed by atoms with van der Waals surface area (Å²) < 4.78 is 23.1. The van der Waals surface area contributed by atoms with Gasteiger partial charge in [0.15, 0.2) is 5.17 Å². The number of nitrogens with two attached hydrogens (primary N) is 1.